The minimum Gasteiger partial charge on any atom is -0.441 e. The van der Waals surface area contributed by atoms with E-state index in [1.165, 1.54) is 12.5 Å². The molecule has 2 heterocycles. The quantitative estimate of drug-likeness (QED) is 0.555. The SMILES string of the molecule is CC(=O)c1ccc(NC(=O)O[C@@H]2CO[C@H]3[C@@H]2OC[C@@H]3NC(=O)Nc2ccc(C(C)C)cc2)cc1. The van der Waals surface area contributed by atoms with Crippen molar-refractivity contribution in [3.05, 3.63) is 59.7 Å². The third kappa shape index (κ3) is 5.55. The van der Waals surface area contributed by atoms with Gasteiger partial charge in [-0.2, -0.15) is 0 Å². The third-order valence-corrected chi connectivity index (χ3v) is 5.96. The molecule has 4 rings (SSSR count). The molecule has 0 spiro atoms. The number of ether oxygens (including phenoxy) is 3. The number of benzene rings is 2. The summed E-state index contributed by atoms with van der Waals surface area (Å²) in [6.45, 7) is 6.12. The number of rotatable bonds is 6. The maximum Gasteiger partial charge on any atom is 0.412 e. The van der Waals surface area contributed by atoms with Gasteiger partial charge >= 0.3 is 12.1 Å². The minimum atomic E-state index is -0.646. The van der Waals surface area contributed by atoms with Crippen molar-refractivity contribution in [2.75, 3.05) is 23.8 Å². The topological polar surface area (TPSA) is 115 Å². The van der Waals surface area contributed by atoms with E-state index in [0.717, 1.165) is 0 Å². The summed E-state index contributed by atoms with van der Waals surface area (Å²) in [5.74, 6) is 0.363. The summed E-state index contributed by atoms with van der Waals surface area (Å²) in [6, 6.07) is 13.5. The van der Waals surface area contributed by atoms with E-state index in [-0.39, 0.29) is 31.1 Å². The summed E-state index contributed by atoms with van der Waals surface area (Å²) in [5.41, 5.74) is 2.95. The van der Waals surface area contributed by atoms with E-state index in [0.29, 0.717) is 22.9 Å². The van der Waals surface area contributed by atoms with Crippen molar-refractivity contribution in [1.82, 2.24) is 5.32 Å². The van der Waals surface area contributed by atoms with Crippen molar-refractivity contribution in [2.45, 2.75) is 51.0 Å². The number of hydrogen-bond acceptors (Lipinski definition) is 6. The zero-order valence-electron chi connectivity index (χ0n) is 19.4. The zero-order chi connectivity index (χ0) is 24.2. The van der Waals surface area contributed by atoms with Gasteiger partial charge in [0.05, 0.1) is 19.3 Å². The van der Waals surface area contributed by atoms with Crippen LogP contribution >= 0.6 is 0 Å². The average molecular weight is 468 g/mol. The lowest BCUT2D eigenvalue weighted by Gasteiger charge is -2.18. The maximum absolute atomic E-state index is 12.5. The Morgan fingerprint density at radius 3 is 2.15 bits per heavy atom. The standard InChI is InChI=1S/C25H29N3O6/c1-14(2)16-4-8-18(9-5-16)26-24(30)28-20-12-32-23-21(13-33-22(20)23)34-25(31)27-19-10-6-17(7-11-19)15(3)29/h4-11,14,20-23H,12-13H2,1-3H3,(H,27,31)(H2,26,28,30)/t20-,21+,22+,23+/m0/s1. The number of amides is 3. The third-order valence-electron chi connectivity index (χ3n) is 5.96. The molecule has 2 aromatic rings. The molecule has 9 heteroatoms. The first kappa shape index (κ1) is 23.7. The highest BCUT2D eigenvalue weighted by Crippen LogP contribution is 2.29. The van der Waals surface area contributed by atoms with Gasteiger partial charge < -0.3 is 24.8 Å². The van der Waals surface area contributed by atoms with Gasteiger partial charge in [-0.3, -0.25) is 10.1 Å². The predicted molar refractivity (Wildman–Crippen MR) is 126 cm³/mol. The molecule has 34 heavy (non-hydrogen) atoms. The molecule has 2 aliphatic heterocycles. The Balaban J connectivity index is 1.26. The molecule has 9 nitrogen and oxygen atoms in total. The van der Waals surface area contributed by atoms with Crippen LogP contribution in [0, 0.1) is 0 Å². The van der Waals surface area contributed by atoms with Gasteiger partial charge in [0.1, 0.15) is 12.2 Å². The zero-order valence-corrected chi connectivity index (χ0v) is 19.4. The Morgan fingerprint density at radius 2 is 1.50 bits per heavy atom. The number of fused-ring (bicyclic) bond motifs is 1. The van der Waals surface area contributed by atoms with Crippen molar-refractivity contribution in [3.63, 3.8) is 0 Å². The van der Waals surface area contributed by atoms with E-state index < -0.39 is 24.4 Å². The normalized spacial score (nSPS) is 23.3. The highest BCUT2D eigenvalue weighted by molar-refractivity contribution is 5.95. The Bertz CT molecular complexity index is 1040. The molecule has 4 atom stereocenters. The van der Waals surface area contributed by atoms with E-state index in [4.69, 9.17) is 14.2 Å². The number of hydrogen-bond donors (Lipinski definition) is 3. The Labute approximate surface area is 198 Å². The first-order valence-electron chi connectivity index (χ1n) is 11.3. The summed E-state index contributed by atoms with van der Waals surface area (Å²) in [4.78, 5) is 36.1. The van der Waals surface area contributed by atoms with Gasteiger partial charge in [0.15, 0.2) is 11.9 Å². The molecule has 2 saturated heterocycles. The number of ketones is 1. The molecule has 0 aromatic heterocycles. The maximum atomic E-state index is 12.5. The van der Waals surface area contributed by atoms with Crippen molar-refractivity contribution in [3.8, 4) is 0 Å². The van der Waals surface area contributed by atoms with Gasteiger partial charge in [-0.15, -0.1) is 0 Å². The molecule has 0 saturated carbocycles. The van der Waals surface area contributed by atoms with Gasteiger partial charge in [-0.1, -0.05) is 26.0 Å². The Morgan fingerprint density at radius 1 is 0.882 bits per heavy atom. The Kier molecular flexibility index (Phi) is 7.14. The lowest BCUT2D eigenvalue weighted by atomic mass is 10.0. The van der Waals surface area contributed by atoms with Crippen molar-refractivity contribution in [1.29, 1.82) is 0 Å². The van der Waals surface area contributed by atoms with Crippen LogP contribution in [0.1, 0.15) is 42.6 Å². The summed E-state index contributed by atoms with van der Waals surface area (Å²) >= 11 is 0. The van der Waals surface area contributed by atoms with E-state index in [2.05, 4.69) is 29.8 Å². The lowest BCUT2D eigenvalue weighted by molar-refractivity contribution is 0.00873. The molecular formula is C25H29N3O6. The van der Waals surface area contributed by atoms with Crippen LogP contribution in [0.15, 0.2) is 48.5 Å². The number of carbonyl (C=O) groups excluding carboxylic acids is 3. The molecule has 0 bridgehead atoms. The van der Waals surface area contributed by atoms with Crippen molar-refractivity contribution < 1.29 is 28.6 Å². The number of anilines is 2. The molecule has 3 N–H and O–H groups in total. The van der Waals surface area contributed by atoms with Gasteiger partial charge in [-0.05, 0) is 54.8 Å². The molecule has 0 unspecified atom stereocenters. The summed E-state index contributed by atoms with van der Waals surface area (Å²) in [6.07, 6.45) is -2.13. The van der Waals surface area contributed by atoms with Gasteiger partial charge in [0.2, 0.25) is 0 Å². The highest BCUT2D eigenvalue weighted by atomic mass is 16.6. The van der Waals surface area contributed by atoms with Crippen molar-refractivity contribution in [2.24, 2.45) is 0 Å². The summed E-state index contributed by atoms with van der Waals surface area (Å²) < 4.78 is 17.0. The van der Waals surface area contributed by atoms with Crippen LogP contribution in [-0.2, 0) is 14.2 Å². The van der Waals surface area contributed by atoms with Crippen LogP contribution in [0.2, 0.25) is 0 Å². The first-order valence-corrected chi connectivity index (χ1v) is 11.3. The second-order valence-electron chi connectivity index (χ2n) is 8.78. The second kappa shape index (κ2) is 10.2. The predicted octanol–water partition coefficient (Wildman–Crippen LogP) is 3.92. The molecule has 2 aromatic carbocycles. The van der Waals surface area contributed by atoms with Crippen LogP contribution in [0.25, 0.3) is 0 Å². The molecule has 180 valence electrons. The fourth-order valence-electron chi connectivity index (χ4n) is 4.05. The summed E-state index contributed by atoms with van der Waals surface area (Å²) in [7, 11) is 0. The summed E-state index contributed by atoms with van der Waals surface area (Å²) in [5, 5.41) is 8.33. The largest absolute Gasteiger partial charge is 0.441 e. The van der Waals surface area contributed by atoms with E-state index in [1.54, 1.807) is 24.3 Å². The lowest BCUT2D eigenvalue weighted by Crippen LogP contribution is -2.46. The molecule has 2 aliphatic rings. The molecule has 3 amide bonds. The van der Waals surface area contributed by atoms with Crippen molar-refractivity contribution >= 4 is 29.3 Å². The number of urea groups is 1. The van der Waals surface area contributed by atoms with E-state index in [1.807, 2.05) is 24.3 Å². The Hall–Kier alpha value is -3.43. The smallest absolute Gasteiger partial charge is 0.412 e. The monoisotopic (exact) mass is 467 g/mol. The number of carbonyl (C=O) groups is 3. The number of Topliss-reactive ketones (excluding diaryl/α,β-unsaturated/α-hetero) is 1. The first-order chi connectivity index (χ1) is 16.3. The fourth-order valence-corrected chi connectivity index (χ4v) is 4.05. The van der Waals surface area contributed by atoms with Gasteiger partial charge in [0.25, 0.3) is 0 Å². The van der Waals surface area contributed by atoms with E-state index in [9.17, 15) is 14.4 Å². The molecule has 2 fully saturated rings. The van der Waals surface area contributed by atoms with Gasteiger partial charge in [-0.25, -0.2) is 9.59 Å². The van der Waals surface area contributed by atoms with E-state index >= 15 is 0 Å². The molecular weight excluding hydrogens is 438 g/mol. The molecule has 0 radical (unpaired) electrons. The van der Waals surface area contributed by atoms with Crippen LogP contribution < -0.4 is 16.0 Å². The molecule has 0 aliphatic carbocycles. The average Bonchev–Trinajstić information content (AvgIpc) is 3.38. The van der Waals surface area contributed by atoms with Crippen LogP contribution in [0.3, 0.4) is 0 Å². The minimum absolute atomic E-state index is 0.0532. The number of nitrogens with one attached hydrogen (secondary N) is 3. The second-order valence-corrected chi connectivity index (χ2v) is 8.78. The fraction of sp³-hybridized carbons (Fsp3) is 0.400. The highest BCUT2D eigenvalue weighted by Gasteiger charge is 2.50. The van der Waals surface area contributed by atoms with Gasteiger partial charge in [0, 0.05) is 16.9 Å². The van der Waals surface area contributed by atoms with Crippen LogP contribution in [0.5, 0.6) is 0 Å². The van der Waals surface area contributed by atoms with Crippen LogP contribution in [-0.4, -0.2) is 55.5 Å². The van der Waals surface area contributed by atoms with Crippen LogP contribution in [0.4, 0.5) is 21.0 Å².